The number of carbonyl (C=O) groups is 2. The smallest absolute Gasteiger partial charge is 0.265 e. The Labute approximate surface area is 231 Å². The van der Waals surface area contributed by atoms with Crippen LogP contribution in [0.15, 0.2) is 60.7 Å². The van der Waals surface area contributed by atoms with Crippen molar-refractivity contribution in [2.24, 2.45) is 0 Å². The number of phenolic OH excluding ortho intramolecular Hbond substituents is 1. The average Bonchev–Trinajstić information content (AvgIpc) is 3.43. The molecule has 0 radical (unpaired) electrons. The van der Waals surface area contributed by atoms with Gasteiger partial charge in [0.15, 0.2) is 6.61 Å². The minimum absolute atomic E-state index is 0.186. The quantitative estimate of drug-likeness (QED) is 0.407. The standard InChI is InChI=1S/C29H29Cl2N3O4/c1-18(34-26-14-23(30)24(31)15-27(26)38-17-28(34)36)29(37)32-25(16-33-11-2-3-12-33)21-6-4-5-20(13-21)19-7-9-22(35)10-8-19/h4-10,13-15,18,25,35H,2-3,11-12,16-17H2,1H3,(H,32,37). The van der Waals surface area contributed by atoms with Crippen molar-refractivity contribution < 1.29 is 19.4 Å². The molecule has 2 N–H and O–H groups in total. The number of ether oxygens (including phenoxy) is 1. The van der Waals surface area contributed by atoms with Crippen LogP contribution in [0.5, 0.6) is 11.5 Å². The molecule has 2 amide bonds. The number of rotatable bonds is 7. The summed E-state index contributed by atoms with van der Waals surface area (Å²) in [6.07, 6.45) is 2.26. The fourth-order valence-electron chi connectivity index (χ4n) is 5.05. The molecule has 5 rings (SSSR count). The molecule has 0 saturated carbocycles. The van der Waals surface area contributed by atoms with E-state index in [0.29, 0.717) is 23.0 Å². The van der Waals surface area contributed by atoms with Crippen LogP contribution in [0.25, 0.3) is 11.1 Å². The lowest BCUT2D eigenvalue weighted by atomic mass is 9.98. The summed E-state index contributed by atoms with van der Waals surface area (Å²) in [6.45, 7) is 4.13. The van der Waals surface area contributed by atoms with Crippen LogP contribution in [-0.2, 0) is 9.59 Å². The molecule has 2 aliphatic rings. The third kappa shape index (κ3) is 5.60. The Bertz CT molecular complexity index is 1340. The largest absolute Gasteiger partial charge is 0.508 e. The highest BCUT2D eigenvalue weighted by molar-refractivity contribution is 6.42. The molecule has 2 unspecified atom stereocenters. The monoisotopic (exact) mass is 553 g/mol. The number of phenols is 1. The molecule has 0 aromatic heterocycles. The summed E-state index contributed by atoms with van der Waals surface area (Å²) in [7, 11) is 0. The molecule has 198 valence electrons. The molecule has 0 bridgehead atoms. The lowest BCUT2D eigenvalue weighted by molar-refractivity contribution is -0.128. The Kier molecular flexibility index (Phi) is 7.79. The number of hydrogen-bond acceptors (Lipinski definition) is 5. The zero-order valence-corrected chi connectivity index (χ0v) is 22.5. The molecule has 2 aliphatic heterocycles. The SMILES string of the molecule is CC(C(=O)NC(CN1CCCC1)c1cccc(-c2ccc(O)cc2)c1)N1C(=O)COc2cc(Cl)c(Cl)cc21. The first-order valence-electron chi connectivity index (χ1n) is 12.7. The lowest BCUT2D eigenvalue weighted by Gasteiger charge is -2.35. The summed E-state index contributed by atoms with van der Waals surface area (Å²) in [6, 6.07) is 17.1. The Morgan fingerprint density at radius 3 is 2.47 bits per heavy atom. The van der Waals surface area contributed by atoms with Crippen molar-refractivity contribution in [1.29, 1.82) is 0 Å². The van der Waals surface area contributed by atoms with Gasteiger partial charge in [-0.25, -0.2) is 0 Å². The molecule has 1 fully saturated rings. The van der Waals surface area contributed by atoms with Gasteiger partial charge >= 0.3 is 0 Å². The first-order valence-corrected chi connectivity index (χ1v) is 13.4. The van der Waals surface area contributed by atoms with Gasteiger partial charge < -0.3 is 20.1 Å². The van der Waals surface area contributed by atoms with E-state index in [1.165, 1.54) is 4.90 Å². The van der Waals surface area contributed by atoms with Crippen molar-refractivity contribution >= 4 is 40.7 Å². The fraction of sp³-hybridized carbons (Fsp3) is 0.310. The van der Waals surface area contributed by atoms with Crippen LogP contribution >= 0.6 is 23.2 Å². The van der Waals surface area contributed by atoms with Gasteiger partial charge in [-0.05, 0) is 73.8 Å². The second-order valence-corrected chi connectivity index (χ2v) is 10.5. The average molecular weight is 554 g/mol. The van der Waals surface area contributed by atoms with Crippen molar-refractivity contribution in [2.45, 2.75) is 31.8 Å². The second kappa shape index (κ2) is 11.2. The van der Waals surface area contributed by atoms with E-state index in [-0.39, 0.29) is 35.2 Å². The zero-order chi connectivity index (χ0) is 26.8. The van der Waals surface area contributed by atoms with Gasteiger partial charge in [0.25, 0.3) is 5.91 Å². The highest BCUT2D eigenvalue weighted by Gasteiger charge is 2.35. The number of hydrogen-bond donors (Lipinski definition) is 2. The third-order valence-corrected chi connectivity index (χ3v) is 7.82. The van der Waals surface area contributed by atoms with E-state index < -0.39 is 6.04 Å². The molecular formula is C29H29Cl2N3O4. The Morgan fingerprint density at radius 2 is 1.74 bits per heavy atom. The number of anilines is 1. The van der Waals surface area contributed by atoms with Gasteiger partial charge in [-0.3, -0.25) is 14.5 Å². The van der Waals surface area contributed by atoms with Crippen LogP contribution in [0.1, 0.15) is 31.4 Å². The van der Waals surface area contributed by atoms with Crippen LogP contribution in [0, 0.1) is 0 Å². The number of nitrogens with one attached hydrogen (secondary N) is 1. The predicted molar refractivity (Wildman–Crippen MR) is 149 cm³/mol. The van der Waals surface area contributed by atoms with Gasteiger partial charge in [-0.1, -0.05) is 53.5 Å². The van der Waals surface area contributed by atoms with Gasteiger partial charge in [0.1, 0.15) is 17.5 Å². The van der Waals surface area contributed by atoms with E-state index in [4.69, 9.17) is 27.9 Å². The molecule has 1 saturated heterocycles. The number of fused-ring (bicyclic) bond motifs is 1. The Morgan fingerprint density at radius 1 is 1.03 bits per heavy atom. The molecule has 7 nitrogen and oxygen atoms in total. The van der Waals surface area contributed by atoms with Crippen LogP contribution in [0.3, 0.4) is 0 Å². The lowest BCUT2D eigenvalue weighted by Crippen LogP contribution is -2.52. The van der Waals surface area contributed by atoms with Gasteiger partial charge in [0.05, 0.1) is 21.8 Å². The summed E-state index contributed by atoms with van der Waals surface area (Å²) in [4.78, 5) is 30.3. The minimum atomic E-state index is -0.802. The van der Waals surface area contributed by atoms with Crippen molar-refractivity contribution in [3.05, 3.63) is 76.3 Å². The Balaban J connectivity index is 1.42. The molecule has 9 heteroatoms. The van der Waals surface area contributed by atoms with Crippen molar-refractivity contribution in [2.75, 3.05) is 31.1 Å². The first-order chi connectivity index (χ1) is 18.3. The highest BCUT2D eigenvalue weighted by Crippen LogP contribution is 2.39. The molecule has 38 heavy (non-hydrogen) atoms. The van der Waals surface area contributed by atoms with Gasteiger partial charge in [-0.15, -0.1) is 0 Å². The van der Waals surface area contributed by atoms with Crippen LogP contribution < -0.4 is 15.0 Å². The van der Waals surface area contributed by atoms with Crippen molar-refractivity contribution in [3.63, 3.8) is 0 Å². The summed E-state index contributed by atoms with van der Waals surface area (Å²) < 4.78 is 5.55. The highest BCUT2D eigenvalue weighted by atomic mass is 35.5. The van der Waals surface area contributed by atoms with Crippen molar-refractivity contribution in [1.82, 2.24) is 10.2 Å². The molecule has 0 spiro atoms. The van der Waals surface area contributed by atoms with Crippen LogP contribution in [0.4, 0.5) is 5.69 Å². The Hall–Kier alpha value is -3.26. The number of benzene rings is 3. The second-order valence-electron chi connectivity index (χ2n) is 9.70. The van der Waals surface area contributed by atoms with Gasteiger partial charge in [0.2, 0.25) is 5.91 Å². The number of halogens is 2. The summed E-state index contributed by atoms with van der Waals surface area (Å²) >= 11 is 12.4. The maximum atomic E-state index is 13.6. The number of nitrogens with zero attached hydrogens (tertiary/aromatic N) is 2. The molecular weight excluding hydrogens is 525 g/mol. The van der Waals surface area contributed by atoms with E-state index >= 15 is 0 Å². The van der Waals surface area contributed by atoms with Crippen molar-refractivity contribution in [3.8, 4) is 22.6 Å². The number of amides is 2. The normalized spacial score (nSPS) is 17.0. The van der Waals surface area contributed by atoms with E-state index in [1.54, 1.807) is 31.2 Å². The number of aromatic hydroxyl groups is 1. The van der Waals surface area contributed by atoms with E-state index in [0.717, 1.165) is 42.6 Å². The van der Waals surface area contributed by atoms with Gasteiger partial charge in [-0.2, -0.15) is 0 Å². The number of likely N-dealkylation sites (tertiary alicyclic amines) is 1. The summed E-state index contributed by atoms with van der Waals surface area (Å²) in [5.41, 5.74) is 3.34. The molecule has 0 aliphatic carbocycles. The fourth-order valence-corrected chi connectivity index (χ4v) is 5.36. The third-order valence-electron chi connectivity index (χ3n) is 7.09. The minimum Gasteiger partial charge on any atom is -0.508 e. The van der Waals surface area contributed by atoms with Crippen LogP contribution in [0.2, 0.25) is 10.0 Å². The number of carbonyl (C=O) groups excluding carboxylic acids is 2. The van der Waals surface area contributed by atoms with Crippen LogP contribution in [-0.4, -0.2) is 54.1 Å². The van der Waals surface area contributed by atoms with E-state index in [9.17, 15) is 14.7 Å². The van der Waals surface area contributed by atoms with Gasteiger partial charge in [0, 0.05) is 12.6 Å². The topological polar surface area (TPSA) is 82.1 Å². The summed E-state index contributed by atoms with van der Waals surface area (Å²) in [5.74, 6) is 0.00943. The van der Waals surface area contributed by atoms with E-state index in [2.05, 4.69) is 16.3 Å². The maximum absolute atomic E-state index is 13.6. The molecule has 2 atom stereocenters. The molecule has 3 aromatic rings. The molecule has 2 heterocycles. The maximum Gasteiger partial charge on any atom is 0.265 e. The van der Waals surface area contributed by atoms with E-state index in [1.807, 2.05) is 30.3 Å². The summed E-state index contributed by atoms with van der Waals surface area (Å²) in [5, 5.41) is 13.5. The predicted octanol–water partition coefficient (Wildman–Crippen LogP) is 5.43. The molecule has 3 aromatic carbocycles. The first kappa shape index (κ1) is 26.4. The zero-order valence-electron chi connectivity index (χ0n) is 21.0.